The number of hydrogen-bond donors (Lipinski definition) is 3. The van der Waals surface area contributed by atoms with E-state index in [4.69, 9.17) is 5.11 Å². The van der Waals surface area contributed by atoms with Crippen LogP contribution in [0.5, 0.6) is 0 Å². The lowest BCUT2D eigenvalue weighted by molar-refractivity contribution is -0.131. The minimum absolute atomic E-state index is 0.00526. The molecule has 0 aromatic heterocycles. The van der Waals surface area contributed by atoms with E-state index in [0.29, 0.717) is 0 Å². The first-order chi connectivity index (χ1) is 11.6. The Kier molecular flexibility index (Phi) is 14.4. The number of rotatable bonds is 13. The summed E-state index contributed by atoms with van der Waals surface area (Å²) in [6, 6.07) is 0. The maximum atomic E-state index is 10.2. The third-order valence-electron chi connectivity index (χ3n) is 3.37. The maximum Gasteiger partial charge on any atom is 0.328 e. The van der Waals surface area contributed by atoms with Crippen LogP contribution in [0.1, 0.15) is 51.9 Å². The first-order valence-corrected chi connectivity index (χ1v) is 8.54. The fourth-order valence-corrected chi connectivity index (χ4v) is 1.94. The van der Waals surface area contributed by atoms with E-state index in [-0.39, 0.29) is 11.9 Å². The van der Waals surface area contributed by atoms with Crippen molar-refractivity contribution in [3.05, 3.63) is 60.4 Å². The van der Waals surface area contributed by atoms with Crippen LogP contribution in [0.25, 0.3) is 0 Å². The predicted molar refractivity (Wildman–Crippen MR) is 98.9 cm³/mol. The highest BCUT2D eigenvalue weighted by atomic mass is 16.4. The highest BCUT2D eigenvalue weighted by Gasteiger charge is 1.98. The number of unbranched alkanes of at least 4 members (excludes halogenated alkanes) is 4. The van der Waals surface area contributed by atoms with E-state index in [1.165, 1.54) is 31.1 Å². The van der Waals surface area contributed by atoms with Crippen LogP contribution in [0, 0.1) is 0 Å². The van der Waals surface area contributed by atoms with Gasteiger partial charge in [-0.1, -0.05) is 62.6 Å². The molecule has 24 heavy (non-hydrogen) atoms. The maximum absolute atomic E-state index is 10.2. The van der Waals surface area contributed by atoms with Crippen LogP contribution in [0.2, 0.25) is 0 Å². The van der Waals surface area contributed by atoms with Crippen LogP contribution in [0.4, 0.5) is 0 Å². The number of aliphatic hydroxyl groups excluding tert-OH is 2. The molecule has 0 rings (SSSR count). The summed E-state index contributed by atoms with van der Waals surface area (Å²) >= 11 is 0. The van der Waals surface area contributed by atoms with Gasteiger partial charge in [0.05, 0.1) is 6.10 Å². The van der Waals surface area contributed by atoms with Gasteiger partial charge in [-0.25, -0.2) is 4.79 Å². The highest BCUT2D eigenvalue weighted by molar-refractivity contribution is 5.80. The number of carboxylic acids is 1. The Morgan fingerprint density at radius 2 is 1.62 bits per heavy atom. The zero-order valence-corrected chi connectivity index (χ0v) is 14.5. The Morgan fingerprint density at radius 1 is 0.917 bits per heavy atom. The zero-order chi connectivity index (χ0) is 18.0. The van der Waals surface area contributed by atoms with Gasteiger partial charge in [-0.2, -0.15) is 0 Å². The van der Waals surface area contributed by atoms with Crippen LogP contribution in [0.3, 0.4) is 0 Å². The second-order valence-corrected chi connectivity index (χ2v) is 5.51. The van der Waals surface area contributed by atoms with Gasteiger partial charge in [-0.3, -0.25) is 0 Å². The Balaban J connectivity index is 3.71. The van der Waals surface area contributed by atoms with Crippen molar-refractivity contribution in [2.24, 2.45) is 0 Å². The van der Waals surface area contributed by atoms with Gasteiger partial charge >= 0.3 is 5.97 Å². The molecule has 0 aliphatic rings. The van der Waals surface area contributed by atoms with Crippen LogP contribution in [-0.2, 0) is 4.79 Å². The summed E-state index contributed by atoms with van der Waals surface area (Å²) in [6.07, 6.45) is 21.7. The van der Waals surface area contributed by atoms with Crippen molar-refractivity contribution in [3.8, 4) is 0 Å². The van der Waals surface area contributed by atoms with Crippen LogP contribution >= 0.6 is 0 Å². The summed E-state index contributed by atoms with van der Waals surface area (Å²) in [5.74, 6) is -1.05. The van der Waals surface area contributed by atoms with Crippen molar-refractivity contribution in [2.75, 3.05) is 0 Å². The van der Waals surface area contributed by atoms with Crippen molar-refractivity contribution in [1.29, 1.82) is 0 Å². The predicted octanol–water partition coefficient (Wildman–Crippen LogP) is 4.85. The zero-order valence-electron chi connectivity index (χ0n) is 14.5. The Morgan fingerprint density at radius 3 is 2.33 bits per heavy atom. The monoisotopic (exact) mass is 334 g/mol. The summed E-state index contributed by atoms with van der Waals surface area (Å²) in [7, 11) is 0. The molecule has 0 heterocycles. The summed E-state index contributed by atoms with van der Waals surface area (Å²) < 4.78 is 0. The SMILES string of the molecule is CCC(O)CCCCCCC=CC=CC=CC(O)=CC=CC(=O)O. The largest absolute Gasteiger partial charge is 0.508 e. The van der Waals surface area contributed by atoms with Crippen molar-refractivity contribution in [2.45, 2.75) is 58.0 Å². The fourth-order valence-electron chi connectivity index (χ4n) is 1.94. The number of aliphatic hydroxyl groups is 2. The molecular formula is C20H30O4. The van der Waals surface area contributed by atoms with E-state index in [2.05, 4.69) is 6.08 Å². The quantitative estimate of drug-likeness (QED) is 0.195. The molecule has 0 amide bonds. The summed E-state index contributed by atoms with van der Waals surface area (Å²) in [6.45, 7) is 2.01. The third kappa shape index (κ3) is 16.3. The topological polar surface area (TPSA) is 77.8 Å². The molecule has 0 spiro atoms. The molecule has 0 aliphatic heterocycles. The molecule has 1 atom stereocenters. The average Bonchev–Trinajstić information content (AvgIpc) is 2.55. The van der Waals surface area contributed by atoms with Crippen LogP contribution in [0.15, 0.2) is 60.4 Å². The van der Waals surface area contributed by atoms with Gasteiger partial charge in [0.25, 0.3) is 0 Å². The normalized spacial score (nSPS) is 14.5. The number of aliphatic carboxylic acids is 1. The van der Waals surface area contributed by atoms with E-state index in [0.717, 1.165) is 38.2 Å². The van der Waals surface area contributed by atoms with Gasteiger partial charge in [0, 0.05) is 6.08 Å². The van der Waals surface area contributed by atoms with E-state index in [9.17, 15) is 15.0 Å². The Bertz CT molecular complexity index is 470. The van der Waals surface area contributed by atoms with Crippen LogP contribution in [-0.4, -0.2) is 27.4 Å². The minimum Gasteiger partial charge on any atom is -0.508 e. The highest BCUT2D eigenvalue weighted by Crippen LogP contribution is 2.09. The molecule has 0 saturated heterocycles. The number of carboxylic acid groups (broad SMARTS) is 1. The summed E-state index contributed by atoms with van der Waals surface area (Å²) in [4.78, 5) is 10.2. The molecule has 0 bridgehead atoms. The number of carbonyl (C=O) groups is 1. The Hall–Kier alpha value is -2.07. The van der Waals surface area contributed by atoms with Gasteiger partial charge < -0.3 is 15.3 Å². The number of hydrogen-bond acceptors (Lipinski definition) is 3. The van der Waals surface area contributed by atoms with E-state index < -0.39 is 5.97 Å². The molecule has 0 fully saturated rings. The average molecular weight is 334 g/mol. The van der Waals surface area contributed by atoms with Crippen molar-refractivity contribution >= 4 is 5.97 Å². The second kappa shape index (κ2) is 15.8. The molecule has 134 valence electrons. The second-order valence-electron chi connectivity index (χ2n) is 5.51. The van der Waals surface area contributed by atoms with Crippen molar-refractivity contribution in [1.82, 2.24) is 0 Å². The molecule has 0 saturated carbocycles. The summed E-state index contributed by atoms with van der Waals surface area (Å²) in [5.41, 5.74) is 0. The molecular weight excluding hydrogens is 304 g/mol. The van der Waals surface area contributed by atoms with Gasteiger partial charge in [0.15, 0.2) is 0 Å². The van der Waals surface area contributed by atoms with Gasteiger partial charge in [-0.05, 0) is 37.8 Å². The molecule has 0 aromatic rings. The van der Waals surface area contributed by atoms with E-state index in [1.54, 1.807) is 12.2 Å². The molecule has 4 nitrogen and oxygen atoms in total. The molecule has 0 radical (unpaired) electrons. The smallest absolute Gasteiger partial charge is 0.328 e. The van der Waals surface area contributed by atoms with Crippen molar-refractivity contribution < 1.29 is 20.1 Å². The molecule has 0 aliphatic carbocycles. The molecule has 4 heteroatoms. The standard InChI is InChI=1S/C20H30O4/c1-2-18(21)14-11-9-7-5-3-4-6-8-10-12-15-19(22)16-13-17-20(23)24/h4,6,8,10,12-13,15-18,21-22H,2-3,5,7,9,11,14H2,1H3,(H,23,24). The van der Waals surface area contributed by atoms with Gasteiger partial charge in [-0.15, -0.1) is 0 Å². The van der Waals surface area contributed by atoms with Gasteiger partial charge in [0.1, 0.15) is 5.76 Å². The molecule has 0 aromatic carbocycles. The fraction of sp³-hybridized carbons (Fsp3) is 0.450. The molecule has 3 N–H and O–H groups in total. The van der Waals surface area contributed by atoms with E-state index >= 15 is 0 Å². The Labute approximate surface area is 145 Å². The lowest BCUT2D eigenvalue weighted by atomic mass is 10.1. The van der Waals surface area contributed by atoms with Gasteiger partial charge in [0.2, 0.25) is 0 Å². The first kappa shape index (κ1) is 21.9. The summed E-state index contributed by atoms with van der Waals surface area (Å²) in [5, 5.41) is 27.2. The lowest BCUT2D eigenvalue weighted by Gasteiger charge is -2.06. The lowest BCUT2D eigenvalue weighted by Crippen LogP contribution is -2.03. The third-order valence-corrected chi connectivity index (χ3v) is 3.37. The van der Waals surface area contributed by atoms with E-state index in [1.807, 2.05) is 19.1 Å². The van der Waals surface area contributed by atoms with Crippen LogP contribution < -0.4 is 0 Å². The minimum atomic E-state index is -1.05. The first-order valence-electron chi connectivity index (χ1n) is 8.54. The number of allylic oxidation sites excluding steroid dienone is 8. The van der Waals surface area contributed by atoms with Crippen molar-refractivity contribution in [3.63, 3.8) is 0 Å². The molecule has 1 unspecified atom stereocenters.